The van der Waals surface area contributed by atoms with Crippen LogP contribution in [0.3, 0.4) is 0 Å². The van der Waals surface area contributed by atoms with E-state index in [0.29, 0.717) is 6.54 Å². The molecule has 0 saturated heterocycles. The van der Waals surface area contributed by atoms with Crippen LogP contribution in [0.2, 0.25) is 0 Å². The Morgan fingerprint density at radius 3 is 2.38 bits per heavy atom. The largest absolute Gasteiger partial charge is 0.295 e. The van der Waals surface area contributed by atoms with Gasteiger partial charge >= 0.3 is 0 Å². The predicted molar refractivity (Wildman–Crippen MR) is 90.6 cm³/mol. The second kappa shape index (κ2) is 7.53. The minimum Gasteiger partial charge on any atom is -0.295 e. The molecule has 0 bridgehead atoms. The van der Waals surface area contributed by atoms with Crippen LogP contribution in [0.5, 0.6) is 0 Å². The second-order valence-corrected chi connectivity index (χ2v) is 6.09. The van der Waals surface area contributed by atoms with Gasteiger partial charge in [0, 0.05) is 16.6 Å². The van der Waals surface area contributed by atoms with Gasteiger partial charge in [-0.1, -0.05) is 65.3 Å². The number of aryl methyl sites for hydroxylation is 1. The maximum Gasteiger partial charge on any atom is 0.176 e. The summed E-state index contributed by atoms with van der Waals surface area (Å²) in [7, 11) is 1.97. The van der Waals surface area contributed by atoms with Gasteiger partial charge in [0.1, 0.15) is 0 Å². The normalized spacial score (nSPS) is 10.9. The van der Waals surface area contributed by atoms with E-state index in [1.807, 2.05) is 54.4 Å². The van der Waals surface area contributed by atoms with Gasteiger partial charge in [-0.2, -0.15) is 0 Å². The maximum atomic E-state index is 12.3. The van der Waals surface area contributed by atoms with Gasteiger partial charge in [-0.25, -0.2) is 0 Å². The van der Waals surface area contributed by atoms with E-state index in [1.165, 1.54) is 11.1 Å². The molecule has 21 heavy (non-hydrogen) atoms. The zero-order valence-corrected chi connectivity index (χ0v) is 14.1. The molecular weight excluding hydrogens is 326 g/mol. The number of nitrogens with zero attached hydrogens (tertiary/aromatic N) is 1. The Morgan fingerprint density at radius 1 is 1.10 bits per heavy atom. The molecule has 0 amide bonds. The monoisotopic (exact) mass is 345 g/mol. The highest BCUT2D eigenvalue weighted by Crippen LogP contribution is 2.17. The molecule has 0 unspecified atom stereocenters. The molecule has 110 valence electrons. The fourth-order valence-electron chi connectivity index (χ4n) is 2.24. The van der Waals surface area contributed by atoms with Gasteiger partial charge in [-0.15, -0.1) is 0 Å². The molecule has 0 heterocycles. The molecule has 2 aromatic carbocycles. The zero-order chi connectivity index (χ0) is 15.2. The Hall–Kier alpha value is -1.45. The number of carbonyl (C=O) groups is 1. The summed E-state index contributed by atoms with van der Waals surface area (Å²) >= 11 is 3.54. The van der Waals surface area contributed by atoms with Crippen molar-refractivity contribution < 1.29 is 4.79 Å². The van der Waals surface area contributed by atoms with Crippen molar-refractivity contribution in [3.63, 3.8) is 0 Å². The molecule has 2 aromatic rings. The molecule has 3 heteroatoms. The number of carbonyl (C=O) groups excluding carboxylic acids is 1. The lowest BCUT2D eigenvalue weighted by Crippen LogP contribution is -2.25. The average molecular weight is 346 g/mol. The molecule has 0 atom stereocenters. The number of rotatable bonds is 6. The molecule has 0 aliphatic carbocycles. The van der Waals surface area contributed by atoms with Crippen LogP contribution in [-0.2, 0) is 13.0 Å². The Bertz CT molecular complexity index is 607. The van der Waals surface area contributed by atoms with Crippen LogP contribution in [0.15, 0.2) is 53.0 Å². The van der Waals surface area contributed by atoms with Crippen LogP contribution < -0.4 is 0 Å². The number of halogens is 1. The van der Waals surface area contributed by atoms with Crippen molar-refractivity contribution in [1.29, 1.82) is 0 Å². The van der Waals surface area contributed by atoms with Crippen molar-refractivity contribution in [2.24, 2.45) is 0 Å². The van der Waals surface area contributed by atoms with Gasteiger partial charge in [0.05, 0.1) is 6.54 Å². The van der Waals surface area contributed by atoms with Crippen molar-refractivity contribution in [3.05, 3.63) is 69.7 Å². The van der Waals surface area contributed by atoms with Crippen LogP contribution in [0.4, 0.5) is 0 Å². The first kappa shape index (κ1) is 15.9. The molecule has 2 nitrogen and oxygen atoms in total. The van der Waals surface area contributed by atoms with Crippen LogP contribution in [-0.4, -0.2) is 24.3 Å². The molecule has 0 N–H and O–H groups in total. The summed E-state index contributed by atoms with van der Waals surface area (Å²) in [5, 5.41) is 0. The minimum atomic E-state index is 0.159. The Morgan fingerprint density at radius 2 is 1.76 bits per heavy atom. The highest BCUT2D eigenvalue weighted by atomic mass is 79.9. The molecule has 0 aliphatic heterocycles. The van der Waals surface area contributed by atoms with Gasteiger partial charge in [0.2, 0.25) is 0 Å². The highest BCUT2D eigenvalue weighted by Gasteiger charge is 2.10. The average Bonchev–Trinajstić information content (AvgIpc) is 2.49. The lowest BCUT2D eigenvalue weighted by atomic mass is 10.1. The van der Waals surface area contributed by atoms with Crippen molar-refractivity contribution in [1.82, 2.24) is 4.90 Å². The van der Waals surface area contributed by atoms with Crippen LogP contribution in [0.25, 0.3) is 0 Å². The lowest BCUT2D eigenvalue weighted by molar-refractivity contribution is 0.0943. The van der Waals surface area contributed by atoms with Gasteiger partial charge < -0.3 is 0 Å². The maximum absolute atomic E-state index is 12.3. The van der Waals surface area contributed by atoms with E-state index < -0.39 is 0 Å². The number of hydrogen-bond acceptors (Lipinski definition) is 2. The Kier molecular flexibility index (Phi) is 5.71. The van der Waals surface area contributed by atoms with Crippen molar-refractivity contribution in [2.45, 2.75) is 19.9 Å². The topological polar surface area (TPSA) is 20.3 Å². The molecule has 0 aliphatic rings. The standard InChI is InChI=1S/C18H20BrNO/c1-3-14-8-10-15(11-9-14)18(21)13-20(2)12-16-6-4-5-7-17(16)19/h4-11H,3,12-13H2,1-2H3. The summed E-state index contributed by atoms with van der Waals surface area (Å²) in [5.41, 5.74) is 3.23. The molecule has 0 radical (unpaired) electrons. The number of ketones is 1. The van der Waals surface area contributed by atoms with E-state index in [0.717, 1.165) is 23.0 Å². The van der Waals surface area contributed by atoms with E-state index >= 15 is 0 Å². The fourth-order valence-corrected chi connectivity index (χ4v) is 2.65. The van der Waals surface area contributed by atoms with E-state index in [1.54, 1.807) is 0 Å². The zero-order valence-electron chi connectivity index (χ0n) is 12.5. The summed E-state index contributed by atoms with van der Waals surface area (Å²) in [6.45, 7) is 3.29. The van der Waals surface area contributed by atoms with Gasteiger partial charge in [0.15, 0.2) is 5.78 Å². The third kappa shape index (κ3) is 4.51. The molecular formula is C18H20BrNO. The summed E-state index contributed by atoms with van der Waals surface area (Å²) in [6, 6.07) is 16.0. The van der Waals surface area contributed by atoms with Crippen LogP contribution in [0, 0.1) is 0 Å². The van der Waals surface area contributed by atoms with E-state index in [9.17, 15) is 4.79 Å². The number of benzene rings is 2. The summed E-state index contributed by atoms with van der Waals surface area (Å²) in [5.74, 6) is 0.159. The molecule has 0 saturated carbocycles. The summed E-state index contributed by atoms with van der Waals surface area (Å²) in [6.07, 6.45) is 0.996. The first-order valence-electron chi connectivity index (χ1n) is 7.14. The summed E-state index contributed by atoms with van der Waals surface area (Å²) in [4.78, 5) is 14.3. The smallest absolute Gasteiger partial charge is 0.176 e. The lowest BCUT2D eigenvalue weighted by Gasteiger charge is -2.17. The van der Waals surface area contributed by atoms with Crippen LogP contribution in [0.1, 0.15) is 28.4 Å². The number of likely N-dealkylation sites (N-methyl/N-ethyl adjacent to an activating group) is 1. The van der Waals surface area contributed by atoms with Crippen molar-refractivity contribution >= 4 is 21.7 Å². The fraction of sp³-hybridized carbons (Fsp3) is 0.278. The third-order valence-electron chi connectivity index (χ3n) is 3.50. The minimum absolute atomic E-state index is 0.159. The first-order chi connectivity index (χ1) is 10.1. The molecule has 0 spiro atoms. The Balaban J connectivity index is 1.97. The van der Waals surface area contributed by atoms with Crippen LogP contribution >= 0.6 is 15.9 Å². The summed E-state index contributed by atoms with van der Waals surface area (Å²) < 4.78 is 1.08. The number of hydrogen-bond donors (Lipinski definition) is 0. The number of Topliss-reactive ketones (excluding diaryl/α,β-unsaturated/α-hetero) is 1. The van der Waals surface area contributed by atoms with Gasteiger partial charge in [-0.3, -0.25) is 9.69 Å². The van der Waals surface area contributed by atoms with Gasteiger partial charge in [0.25, 0.3) is 0 Å². The second-order valence-electron chi connectivity index (χ2n) is 5.24. The quantitative estimate of drug-likeness (QED) is 0.726. The molecule has 0 fully saturated rings. The Labute approximate surface area is 134 Å². The van der Waals surface area contributed by atoms with E-state index in [4.69, 9.17) is 0 Å². The molecule has 0 aromatic heterocycles. The van der Waals surface area contributed by atoms with E-state index in [2.05, 4.69) is 28.9 Å². The van der Waals surface area contributed by atoms with E-state index in [-0.39, 0.29) is 5.78 Å². The van der Waals surface area contributed by atoms with Gasteiger partial charge in [-0.05, 0) is 30.7 Å². The highest BCUT2D eigenvalue weighted by molar-refractivity contribution is 9.10. The van der Waals surface area contributed by atoms with Crippen molar-refractivity contribution in [2.75, 3.05) is 13.6 Å². The molecule has 2 rings (SSSR count). The predicted octanol–water partition coefficient (Wildman–Crippen LogP) is 4.33. The SMILES string of the molecule is CCc1ccc(C(=O)CN(C)Cc2ccccc2Br)cc1. The first-order valence-corrected chi connectivity index (χ1v) is 7.93. The van der Waals surface area contributed by atoms with Crippen molar-refractivity contribution in [3.8, 4) is 0 Å². The third-order valence-corrected chi connectivity index (χ3v) is 4.27.